The summed E-state index contributed by atoms with van der Waals surface area (Å²) in [5.74, 6) is 0.201. The highest BCUT2D eigenvalue weighted by molar-refractivity contribution is 7.99. The number of thioether (sulfide) groups is 1. The van der Waals surface area contributed by atoms with E-state index in [1.165, 1.54) is 16.7 Å². The van der Waals surface area contributed by atoms with Gasteiger partial charge in [-0.1, -0.05) is 30.7 Å². The molecule has 1 fully saturated rings. The summed E-state index contributed by atoms with van der Waals surface area (Å²) in [6.07, 6.45) is 2.12. The van der Waals surface area contributed by atoms with Gasteiger partial charge in [-0.25, -0.2) is 0 Å². The first-order chi connectivity index (χ1) is 9.02. The van der Waals surface area contributed by atoms with Crippen molar-refractivity contribution < 1.29 is 4.79 Å². The summed E-state index contributed by atoms with van der Waals surface area (Å²) in [5, 5.41) is 3.79. The first kappa shape index (κ1) is 14.4. The molecule has 0 radical (unpaired) electrons. The van der Waals surface area contributed by atoms with Crippen LogP contribution in [0.3, 0.4) is 0 Å². The van der Waals surface area contributed by atoms with Crippen LogP contribution < -0.4 is 5.32 Å². The predicted octanol–water partition coefficient (Wildman–Crippen LogP) is 2.49. The lowest BCUT2D eigenvalue weighted by Crippen LogP contribution is -2.35. The number of rotatable bonds is 4. The number of amides is 1. The second-order valence-electron chi connectivity index (χ2n) is 5.24. The summed E-state index contributed by atoms with van der Waals surface area (Å²) in [4.78, 5) is 14.0. The van der Waals surface area contributed by atoms with Crippen LogP contribution in [0.15, 0.2) is 18.2 Å². The first-order valence-corrected chi connectivity index (χ1v) is 7.94. The van der Waals surface area contributed by atoms with Gasteiger partial charge in [0.05, 0.1) is 6.54 Å². The van der Waals surface area contributed by atoms with Crippen molar-refractivity contribution in [2.75, 3.05) is 19.3 Å². The molecule has 0 aromatic heterocycles. The molecule has 1 aromatic carbocycles. The van der Waals surface area contributed by atoms with E-state index in [0.29, 0.717) is 11.8 Å². The average Bonchev–Trinajstić information content (AvgIpc) is 2.74. The maximum Gasteiger partial charge on any atom is 0.238 e. The number of nitrogens with zero attached hydrogens (tertiary/aromatic N) is 1. The van der Waals surface area contributed by atoms with Crippen molar-refractivity contribution in [3.8, 4) is 0 Å². The van der Waals surface area contributed by atoms with E-state index in [1.54, 1.807) is 11.8 Å². The summed E-state index contributed by atoms with van der Waals surface area (Å²) in [5.41, 5.74) is 3.69. The maximum absolute atomic E-state index is 12.1. The van der Waals surface area contributed by atoms with Gasteiger partial charge in [-0.3, -0.25) is 10.1 Å². The van der Waals surface area contributed by atoms with Gasteiger partial charge in [-0.15, -0.1) is 0 Å². The lowest BCUT2D eigenvalue weighted by atomic mass is 10.0. The van der Waals surface area contributed by atoms with E-state index < -0.39 is 0 Å². The molecule has 1 aliphatic rings. The van der Waals surface area contributed by atoms with Crippen molar-refractivity contribution in [1.29, 1.82) is 0 Å². The van der Waals surface area contributed by atoms with Crippen LogP contribution in [-0.2, 0) is 4.79 Å². The number of hydrogen-bond donors (Lipinski definition) is 1. The topological polar surface area (TPSA) is 32.3 Å². The van der Waals surface area contributed by atoms with E-state index >= 15 is 0 Å². The fourth-order valence-electron chi connectivity index (χ4n) is 2.43. The molecule has 1 N–H and O–H groups in total. The highest BCUT2D eigenvalue weighted by Crippen LogP contribution is 2.27. The number of hydrogen-bond acceptors (Lipinski definition) is 3. The Morgan fingerprint density at radius 3 is 2.89 bits per heavy atom. The van der Waals surface area contributed by atoms with Crippen LogP contribution in [0, 0.1) is 13.8 Å². The van der Waals surface area contributed by atoms with Crippen molar-refractivity contribution in [2.45, 2.75) is 32.2 Å². The smallest absolute Gasteiger partial charge is 0.238 e. The monoisotopic (exact) mass is 278 g/mol. The van der Waals surface area contributed by atoms with Crippen molar-refractivity contribution in [2.24, 2.45) is 0 Å². The minimum absolute atomic E-state index is 0.0296. The second kappa shape index (κ2) is 5.97. The van der Waals surface area contributed by atoms with Gasteiger partial charge in [0.15, 0.2) is 0 Å². The standard InChI is InChI=1S/C15H22N2OS/c1-10-5-6-11(2)13(7-10)15-16-8-14(18)17(15)9-12(3)19-4/h5-7,12,15-16H,8-9H2,1-4H3. The largest absolute Gasteiger partial charge is 0.321 e. The SMILES string of the molecule is CSC(C)CN1C(=O)CNC1c1cc(C)ccc1C. The zero-order valence-corrected chi connectivity index (χ0v) is 12.9. The summed E-state index contributed by atoms with van der Waals surface area (Å²) in [6, 6.07) is 6.43. The Bertz CT molecular complexity index is 475. The van der Waals surface area contributed by atoms with Gasteiger partial charge in [0.2, 0.25) is 5.91 Å². The first-order valence-electron chi connectivity index (χ1n) is 6.65. The normalized spacial score (nSPS) is 20.9. The molecular formula is C15H22N2OS. The van der Waals surface area contributed by atoms with Crippen molar-refractivity contribution in [3.63, 3.8) is 0 Å². The van der Waals surface area contributed by atoms with Crippen LogP contribution in [0.1, 0.15) is 29.8 Å². The zero-order chi connectivity index (χ0) is 14.0. The Kier molecular flexibility index (Phi) is 4.53. The molecule has 0 bridgehead atoms. The van der Waals surface area contributed by atoms with Gasteiger partial charge in [0, 0.05) is 11.8 Å². The molecular weight excluding hydrogens is 256 g/mol. The van der Waals surface area contributed by atoms with Crippen LogP contribution in [0.25, 0.3) is 0 Å². The minimum atomic E-state index is 0.0296. The lowest BCUT2D eigenvalue weighted by Gasteiger charge is -2.28. The molecule has 1 aromatic rings. The third-order valence-corrected chi connectivity index (χ3v) is 4.62. The predicted molar refractivity (Wildman–Crippen MR) is 81.3 cm³/mol. The van der Waals surface area contributed by atoms with Crippen LogP contribution in [-0.4, -0.2) is 35.4 Å². The highest BCUT2D eigenvalue weighted by atomic mass is 32.2. The summed E-state index contributed by atoms with van der Waals surface area (Å²) >= 11 is 1.80. The van der Waals surface area contributed by atoms with Crippen LogP contribution in [0.4, 0.5) is 0 Å². The number of carbonyl (C=O) groups excluding carboxylic acids is 1. The van der Waals surface area contributed by atoms with Crippen molar-refractivity contribution in [3.05, 3.63) is 34.9 Å². The Morgan fingerprint density at radius 1 is 1.47 bits per heavy atom. The number of aryl methyl sites for hydroxylation is 2. The Morgan fingerprint density at radius 2 is 2.21 bits per heavy atom. The fourth-order valence-corrected chi connectivity index (χ4v) is 2.74. The average molecular weight is 278 g/mol. The molecule has 2 atom stereocenters. The van der Waals surface area contributed by atoms with Gasteiger partial charge in [0.1, 0.15) is 6.17 Å². The quantitative estimate of drug-likeness (QED) is 0.918. The molecule has 0 aliphatic carbocycles. The van der Waals surface area contributed by atoms with Gasteiger partial charge in [-0.2, -0.15) is 11.8 Å². The molecule has 1 heterocycles. The number of carbonyl (C=O) groups is 1. The molecule has 3 nitrogen and oxygen atoms in total. The molecule has 0 saturated carbocycles. The van der Waals surface area contributed by atoms with E-state index in [1.807, 2.05) is 4.90 Å². The molecule has 1 aliphatic heterocycles. The summed E-state index contributed by atoms with van der Waals surface area (Å²) in [6.45, 7) is 7.60. The Balaban J connectivity index is 2.26. The van der Waals surface area contributed by atoms with Crippen LogP contribution >= 0.6 is 11.8 Å². The van der Waals surface area contributed by atoms with Gasteiger partial charge in [0.25, 0.3) is 0 Å². The third kappa shape index (κ3) is 3.12. The van der Waals surface area contributed by atoms with Crippen molar-refractivity contribution >= 4 is 17.7 Å². The molecule has 19 heavy (non-hydrogen) atoms. The number of benzene rings is 1. The highest BCUT2D eigenvalue weighted by Gasteiger charge is 2.33. The molecule has 2 rings (SSSR count). The van der Waals surface area contributed by atoms with Crippen molar-refractivity contribution in [1.82, 2.24) is 10.2 Å². The lowest BCUT2D eigenvalue weighted by molar-refractivity contribution is -0.128. The van der Waals surface area contributed by atoms with E-state index in [4.69, 9.17) is 0 Å². The maximum atomic E-state index is 12.1. The van der Waals surface area contributed by atoms with E-state index in [2.05, 4.69) is 50.5 Å². The van der Waals surface area contributed by atoms with Gasteiger partial charge < -0.3 is 4.90 Å². The summed E-state index contributed by atoms with van der Waals surface area (Å²) < 4.78 is 0. The molecule has 4 heteroatoms. The molecule has 0 spiro atoms. The Hall–Kier alpha value is -1.00. The Labute approximate surface area is 119 Å². The van der Waals surface area contributed by atoms with E-state index in [-0.39, 0.29) is 12.1 Å². The molecule has 1 saturated heterocycles. The van der Waals surface area contributed by atoms with Crippen LogP contribution in [0.2, 0.25) is 0 Å². The van der Waals surface area contributed by atoms with E-state index in [0.717, 1.165) is 6.54 Å². The minimum Gasteiger partial charge on any atom is -0.321 e. The second-order valence-corrected chi connectivity index (χ2v) is 6.51. The molecule has 104 valence electrons. The molecule has 1 amide bonds. The van der Waals surface area contributed by atoms with E-state index in [9.17, 15) is 4.79 Å². The zero-order valence-electron chi connectivity index (χ0n) is 12.1. The van der Waals surface area contributed by atoms with Crippen LogP contribution in [0.5, 0.6) is 0 Å². The molecule has 2 unspecified atom stereocenters. The summed E-state index contributed by atoms with van der Waals surface area (Å²) in [7, 11) is 0. The third-order valence-electron chi connectivity index (χ3n) is 3.66. The van der Waals surface area contributed by atoms with Gasteiger partial charge in [-0.05, 0) is 31.2 Å². The fraction of sp³-hybridized carbons (Fsp3) is 0.533. The number of nitrogens with one attached hydrogen (secondary N) is 1. The van der Waals surface area contributed by atoms with Gasteiger partial charge >= 0.3 is 0 Å².